The van der Waals surface area contributed by atoms with Crippen LogP contribution < -0.4 is 0 Å². The Labute approximate surface area is 183 Å². The molecule has 0 aliphatic rings. The first-order chi connectivity index (χ1) is 14.8. The van der Waals surface area contributed by atoms with Crippen LogP contribution in [-0.4, -0.2) is 19.9 Å². The van der Waals surface area contributed by atoms with Crippen molar-refractivity contribution < 1.29 is 17.5 Å². The predicted octanol–water partition coefficient (Wildman–Crippen LogP) is 6.15. The number of para-hydroxylation sites is 1. The first-order valence-electron chi connectivity index (χ1n) is 10.1. The average Bonchev–Trinajstić information content (AvgIpc) is 2.78. The van der Waals surface area contributed by atoms with Crippen LogP contribution in [0, 0.1) is 17.0 Å². The van der Waals surface area contributed by atoms with E-state index in [-0.39, 0.29) is 22.1 Å². The Bertz CT molecular complexity index is 1060. The fourth-order valence-electron chi connectivity index (χ4n) is 2.79. The summed E-state index contributed by atoms with van der Waals surface area (Å²) in [5, 5.41) is 10.8. The lowest BCUT2D eigenvalue weighted by Crippen LogP contribution is -2.07. The van der Waals surface area contributed by atoms with E-state index in [1.165, 1.54) is 6.07 Å². The van der Waals surface area contributed by atoms with E-state index < -0.39 is 10.1 Å². The molecule has 0 unspecified atom stereocenters. The van der Waals surface area contributed by atoms with Crippen LogP contribution in [-0.2, 0) is 14.3 Å². The van der Waals surface area contributed by atoms with Crippen LogP contribution in [0.3, 0.4) is 0 Å². The molecule has 164 valence electrons. The highest BCUT2D eigenvalue weighted by Gasteiger charge is 2.14. The number of unbranched alkanes of at least 4 members (excludes halogenated alkanes) is 2. The molecule has 0 amide bonds. The molecular weight excluding hydrogens is 414 g/mol. The lowest BCUT2D eigenvalue weighted by atomic mass is 10.0. The Morgan fingerprint density at radius 3 is 2.10 bits per heavy atom. The van der Waals surface area contributed by atoms with Crippen LogP contribution in [0.25, 0.3) is 11.1 Å². The number of nitrogens with zero attached hydrogens (tertiary/aromatic N) is 1. The third kappa shape index (κ3) is 7.62. The van der Waals surface area contributed by atoms with Gasteiger partial charge in [0.05, 0.1) is 22.0 Å². The predicted molar refractivity (Wildman–Crippen MR) is 122 cm³/mol. The number of nitro benzene ring substituents is 1. The molecular formula is C24H27NO5S. The lowest BCUT2D eigenvalue weighted by Gasteiger charge is -2.05. The zero-order chi connectivity index (χ0) is 22.7. The Balaban J connectivity index is 0.000000220. The van der Waals surface area contributed by atoms with Crippen molar-refractivity contribution in [2.45, 2.75) is 38.0 Å². The summed E-state index contributed by atoms with van der Waals surface area (Å²) in [6, 6.07) is 22.8. The van der Waals surface area contributed by atoms with Gasteiger partial charge in [0, 0.05) is 6.07 Å². The van der Waals surface area contributed by atoms with Crippen LogP contribution in [0.5, 0.6) is 0 Å². The molecule has 0 aromatic heterocycles. The molecule has 0 spiro atoms. The van der Waals surface area contributed by atoms with E-state index >= 15 is 0 Å². The minimum Gasteiger partial charge on any atom is -0.266 e. The zero-order valence-electron chi connectivity index (χ0n) is 17.7. The van der Waals surface area contributed by atoms with Crippen LogP contribution in [0.15, 0.2) is 83.8 Å². The molecule has 3 rings (SSSR count). The fourth-order valence-corrected chi connectivity index (χ4v) is 3.73. The fraction of sp³-hybridized carbons (Fsp3) is 0.250. The molecule has 0 N–H and O–H groups in total. The topological polar surface area (TPSA) is 86.5 Å². The van der Waals surface area contributed by atoms with E-state index in [1.807, 2.05) is 37.3 Å². The van der Waals surface area contributed by atoms with Crippen molar-refractivity contribution in [1.82, 2.24) is 0 Å². The van der Waals surface area contributed by atoms with Gasteiger partial charge in [0.1, 0.15) is 0 Å². The van der Waals surface area contributed by atoms with Gasteiger partial charge >= 0.3 is 0 Å². The summed E-state index contributed by atoms with van der Waals surface area (Å²) in [5.41, 5.74) is 2.70. The zero-order valence-corrected chi connectivity index (χ0v) is 18.5. The molecule has 31 heavy (non-hydrogen) atoms. The summed E-state index contributed by atoms with van der Waals surface area (Å²) in [6.45, 7) is 4.25. The second kappa shape index (κ2) is 12.0. The van der Waals surface area contributed by atoms with Crippen molar-refractivity contribution in [3.8, 4) is 11.1 Å². The van der Waals surface area contributed by atoms with Gasteiger partial charge in [-0.05, 0) is 37.1 Å². The van der Waals surface area contributed by atoms with Crippen molar-refractivity contribution >= 4 is 15.8 Å². The Morgan fingerprint density at radius 2 is 1.48 bits per heavy atom. The van der Waals surface area contributed by atoms with Gasteiger partial charge in [-0.15, -0.1) is 0 Å². The number of nitro groups is 1. The number of rotatable bonds is 8. The maximum absolute atomic E-state index is 11.7. The largest absolute Gasteiger partial charge is 0.296 e. The summed E-state index contributed by atoms with van der Waals surface area (Å²) >= 11 is 0. The van der Waals surface area contributed by atoms with E-state index in [9.17, 15) is 18.5 Å². The van der Waals surface area contributed by atoms with E-state index in [0.717, 1.165) is 30.4 Å². The summed E-state index contributed by atoms with van der Waals surface area (Å²) in [6.07, 6.45) is 2.82. The van der Waals surface area contributed by atoms with Gasteiger partial charge in [0.15, 0.2) is 0 Å². The van der Waals surface area contributed by atoms with E-state index in [1.54, 1.807) is 42.5 Å². The summed E-state index contributed by atoms with van der Waals surface area (Å²) in [4.78, 5) is 10.7. The van der Waals surface area contributed by atoms with Gasteiger partial charge in [-0.3, -0.25) is 14.3 Å². The maximum atomic E-state index is 11.7. The Morgan fingerprint density at radius 1 is 0.871 bits per heavy atom. The van der Waals surface area contributed by atoms with Gasteiger partial charge < -0.3 is 0 Å². The van der Waals surface area contributed by atoms with Gasteiger partial charge in [-0.2, -0.15) is 8.42 Å². The van der Waals surface area contributed by atoms with Crippen molar-refractivity contribution in [3.05, 3.63) is 94.5 Å². The van der Waals surface area contributed by atoms with Crippen LogP contribution in [0.4, 0.5) is 5.69 Å². The van der Waals surface area contributed by atoms with Crippen molar-refractivity contribution in [1.29, 1.82) is 0 Å². The molecule has 0 heterocycles. The average molecular weight is 442 g/mol. The van der Waals surface area contributed by atoms with E-state index in [0.29, 0.717) is 5.56 Å². The lowest BCUT2D eigenvalue weighted by molar-refractivity contribution is -0.384. The molecule has 0 aliphatic heterocycles. The molecule has 0 atom stereocenters. The molecule has 3 aromatic carbocycles. The third-order valence-corrected chi connectivity index (χ3v) is 5.81. The second-order valence-corrected chi connectivity index (χ2v) is 8.55. The minimum absolute atomic E-state index is 0.142. The first kappa shape index (κ1) is 24.2. The molecule has 0 bridgehead atoms. The molecule has 0 radical (unpaired) electrons. The monoisotopic (exact) mass is 441 g/mol. The highest BCUT2D eigenvalue weighted by atomic mass is 32.2. The smallest absolute Gasteiger partial charge is 0.266 e. The standard InChI is InChI=1S/C12H9NO2.C12H18O3S/c14-13(15)12-9-5-4-8-11(12)10-6-2-1-3-7-10;1-3-4-5-10-15-16(13,14)12-8-6-11(2)7-9-12/h1-9H;6-9H,3-5,10H2,1-2H3. The summed E-state index contributed by atoms with van der Waals surface area (Å²) in [7, 11) is -3.56. The summed E-state index contributed by atoms with van der Waals surface area (Å²) in [5.74, 6) is 0. The molecule has 0 saturated heterocycles. The first-order valence-corrected chi connectivity index (χ1v) is 11.5. The van der Waals surface area contributed by atoms with E-state index in [2.05, 4.69) is 6.92 Å². The number of benzene rings is 3. The quantitative estimate of drug-likeness (QED) is 0.181. The van der Waals surface area contributed by atoms with E-state index in [4.69, 9.17) is 4.18 Å². The Kier molecular flexibility index (Phi) is 9.37. The third-order valence-electron chi connectivity index (χ3n) is 4.48. The highest BCUT2D eigenvalue weighted by Crippen LogP contribution is 2.28. The van der Waals surface area contributed by atoms with Crippen LogP contribution in [0.2, 0.25) is 0 Å². The molecule has 6 nitrogen and oxygen atoms in total. The maximum Gasteiger partial charge on any atom is 0.296 e. The molecule has 0 saturated carbocycles. The molecule has 0 aliphatic carbocycles. The van der Waals surface area contributed by atoms with Crippen molar-refractivity contribution in [3.63, 3.8) is 0 Å². The van der Waals surface area contributed by atoms with Crippen LogP contribution >= 0.6 is 0 Å². The molecule has 3 aromatic rings. The highest BCUT2D eigenvalue weighted by molar-refractivity contribution is 7.86. The Hall–Kier alpha value is -3.03. The van der Waals surface area contributed by atoms with Crippen molar-refractivity contribution in [2.75, 3.05) is 6.61 Å². The van der Waals surface area contributed by atoms with Gasteiger partial charge in [0.2, 0.25) is 0 Å². The van der Waals surface area contributed by atoms with Crippen LogP contribution in [0.1, 0.15) is 31.7 Å². The van der Waals surface area contributed by atoms with Crippen molar-refractivity contribution in [2.24, 2.45) is 0 Å². The second-order valence-electron chi connectivity index (χ2n) is 6.94. The van der Waals surface area contributed by atoms with Gasteiger partial charge in [-0.25, -0.2) is 0 Å². The van der Waals surface area contributed by atoms with Gasteiger partial charge in [-0.1, -0.05) is 79.9 Å². The normalized spacial score (nSPS) is 10.8. The summed E-state index contributed by atoms with van der Waals surface area (Å²) < 4.78 is 28.3. The number of hydrogen-bond acceptors (Lipinski definition) is 5. The SMILES string of the molecule is CCCCCOS(=O)(=O)c1ccc(C)cc1.O=[N+]([O-])c1ccccc1-c1ccccc1. The number of aryl methyl sites for hydroxylation is 1. The molecule has 7 heteroatoms. The minimum atomic E-state index is -3.56. The molecule has 0 fully saturated rings. The van der Waals surface area contributed by atoms with Gasteiger partial charge in [0.25, 0.3) is 15.8 Å². The number of hydrogen-bond donors (Lipinski definition) is 0.